The van der Waals surface area contributed by atoms with E-state index >= 15 is 0 Å². The number of hydrogen-bond donors (Lipinski definition) is 0. The predicted molar refractivity (Wildman–Crippen MR) is 102 cm³/mol. The van der Waals surface area contributed by atoms with Gasteiger partial charge in [0.25, 0.3) is 0 Å². The summed E-state index contributed by atoms with van der Waals surface area (Å²) in [7, 11) is 0. The van der Waals surface area contributed by atoms with Crippen molar-refractivity contribution in [3.63, 3.8) is 0 Å². The number of imidazole rings is 1. The summed E-state index contributed by atoms with van der Waals surface area (Å²) in [6.07, 6.45) is 2.25. The van der Waals surface area contributed by atoms with Crippen LogP contribution in [0.15, 0.2) is 68.8 Å². The van der Waals surface area contributed by atoms with Gasteiger partial charge in [-0.3, -0.25) is 0 Å². The van der Waals surface area contributed by atoms with Crippen LogP contribution in [0.2, 0.25) is 0 Å². The van der Waals surface area contributed by atoms with Crippen LogP contribution >= 0.6 is 43.6 Å². The predicted octanol–water partition coefficient (Wildman–Crippen LogP) is 2.46. The van der Waals surface area contributed by atoms with Gasteiger partial charge >= 0.3 is 5.16 Å². The average molecular weight is 531 g/mol. The minimum Gasteiger partial charge on any atom is -1.00 e. The molecule has 24 heavy (non-hydrogen) atoms. The largest absolute Gasteiger partial charge is 1.00 e. The number of halogens is 3. The number of benzene rings is 2. The molecule has 2 nitrogen and oxygen atoms in total. The monoisotopic (exact) mass is 528 g/mol. The highest BCUT2D eigenvalue weighted by Crippen LogP contribution is 2.33. The van der Waals surface area contributed by atoms with Gasteiger partial charge in [-0.2, -0.15) is 4.57 Å². The summed E-state index contributed by atoms with van der Waals surface area (Å²) in [4.78, 5) is 0. The topological polar surface area (TPSA) is 8.81 Å². The molecule has 1 atom stereocenters. The van der Waals surface area contributed by atoms with Crippen molar-refractivity contribution in [2.75, 3.05) is 0 Å². The fraction of sp³-hybridized carbons (Fsp3) is 0.167. The third-order valence-corrected chi connectivity index (χ3v) is 6.21. The number of fused-ring (bicyclic) bond motifs is 1. The summed E-state index contributed by atoms with van der Waals surface area (Å²) >= 11 is 8.97. The SMILES string of the molecule is CC1C[n+]2c(-c3ccc(Br)cc3)cn(-c3ccc(Br)cc3)c2S1.[Br-]. The molecule has 0 spiro atoms. The van der Waals surface area contributed by atoms with Crippen molar-refractivity contribution < 1.29 is 21.5 Å². The zero-order chi connectivity index (χ0) is 16.0. The number of thioether (sulfide) groups is 1. The number of nitrogens with zero attached hydrogens (tertiary/aromatic N) is 2. The lowest BCUT2D eigenvalue weighted by atomic mass is 10.1. The molecule has 1 unspecified atom stereocenters. The minimum atomic E-state index is 0. The van der Waals surface area contributed by atoms with Gasteiger partial charge in [-0.05, 0) is 67.2 Å². The van der Waals surface area contributed by atoms with E-state index in [2.05, 4.69) is 103 Å². The average Bonchev–Trinajstić information content (AvgIpc) is 3.07. The standard InChI is InChI=1S/C18H15Br2N2S.BrH/c1-12-10-22-17(13-2-4-14(19)5-3-13)11-21(18(22)23-12)16-8-6-15(20)7-9-16;/h2-9,11-12H,10H2,1H3;1H/q+1;/p-1. The zero-order valence-electron chi connectivity index (χ0n) is 12.9. The van der Waals surface area contributed by atoms with E-state index in [1.54, 1.807) is 0 Å². The second kappa shape index (κ2) is 7.36. The third-order valence-electron chi connectivity index (χ3n) is 3.97. The van der Waals surface area contributed by atoms with Gasteiger partial charge in [0.05, 0.1) is 5.25 Å². The van der Waals surface area contributed by atoms with Crippen LogP contribution in [0.4, 0.5) is 0 Å². The molecular weight excluding hydrogens is 516 g/mol. The molecule has 0 radical (unpaired) electrons. The molecule has 0 N–H and O–H groups in total. The molecular formula is C18H15Br3N2S. The maximum Gasteiger partial charge on any atom is 0.324 e. The summed E-state index contributed by atoms with van der Waals surface area (Å²) in [5, 5.41) is 1.90. The Bertz CT molecular complexity index is 787. The second-order valence-electron chi connectivity index (χ2n) is 5.69. The van der Waals surface area contributed by atoms with Crippen molar-refractivity contribution in [2.24, 2.45) is 0 Å². The molecule has 3 aromatic rings. The molecule has 6 heteroatoms. The molecule has 124 valence electrons. The Kier molecular flexibility index (Phi) is 5.59. The highest BCUT2D eigenvalue weighted by molar-refractivity contribution is 9.10. The van der Waals surface area contributed by atoms with E-state index in [1.807, 2.05) is 11.8 Å². The highest BCUT2D eigenvalue weighted by Gasteiger charge is 2.34. The maximum absolute atomic E-state index is 3.52. The number of hydrogen-bond acceptors (Lipinski definition) is 1. The summed E-state index contributed by atoms with van der Waals surface area (Å²) in [5.74, 6) is 0. The quantitative estimate of drug-likeness (QED) is 0.462. The summed E-state index contributed by atoms with van der Waals surface area (Å²) < 4.78 is 6.95. The van der Waals surface area contributed by atoms with Crippen LogP contribution in [0.25, 0.3) is 16.9 Å². The molecule has 1 aromatic heterocycles. The van der Waals surface area contributed by atoms with Crippen molar-refractivity contribution in [2.45, 2.75) is 23.9 Å². The Balaban J connectivity index is 0.00000169. The summed E-state index contributed by atoms with van der Waals surface area (Å²) in [6, 6.07) is 17.0. The molecule has 0 bridgehead atoms. The Morgan fingerprint density at radius 3 is 2.21 bits per heavy atom. The fourth-order valence-electron chi connectivity index (χ4n) is 2.89. The lowest BCUT2D eigenvalue weighted by Gasteiger charge is -2.00. The second-order valence-corrected chi connectivity index (χ2v) is 8.93. The molecule has 0 fully saturated rings. The van der Waals surface area contributed by atoms with Crippen molar-refractivity contribution in [1.82, 2.24) is 4.57 Å². The van der Waals surface area contributed by atoms with E-state index in [9.17, 15) is 0 Å². The van der Waals surface area contributed by atoms with Gasteiger partial charge in [0.2, 0.25) is 0 Å². The Hall–Kier alpha value is -0.560. The molecule has 1 aliphatic rings. The number of rotatable bonds is 2. The Morgan fingerprint density at radius 2 is 1.58 bits per heavy atom. The van der Waals surface area contributed by atoms with E-state index in [-0.39, 0.29) is 17.0 Å². The van der Waals surface area contributed by atoms with Gasteiger partial charge in [0.1, 0.15) is 18.4 Å². The molecule has 1 aliphatic heterocycles. The van der Waals surface area contributed by atoms with Crippen LogP contribution in [0.3, 0.4) is 0 Å². The molecule has 0 aliphatic carbocycles. The van der Waals surface area contributed by atoms with E-state index in [4.69, 9.17) is 0 Å². The summed E-state index contributed by atoms with van der Waals surface area (Å²) in [5.41, 5.74) is 3.72. The lowest BCUT2D eigenvalue weighted by molar-refractivity contribution is -0.715. The minimum absolute atomic E-state index is 0. The van der Waals surface area contributed by atoms with E-state index in [1.165, 1.54) is 22.1 Å². The molecule has 4 rings (SSSR count). The molecule has 0 saturated carbocycles. The van der Waals surface area contributed by atoms with E-state index < -0.39 is 0 Å². The molecule has 2 aromatic carbocycles. The fourth-order valence-corrected chi connectivity index (χ4v) is 4.57. The van der Waals surface area contributed by atoms with Crippen LogP contribution in [0, 0.1) is 0 Å². The maximum atomic E-state index is 3.52. The molecule has 2 heterocycles. The van der Waals surface area contributed by atoms with Crippen LogP contribution < -0.4 is 21.5 Å². The van der Waals surface area contributed by atoms with Crippen LogP contribution in [0.5, 0.6) is 0 Å². The van der Waals surface area contributed by atoms with E-state index in [0.29, 0.717) is 5.25 Å². The lowest BCUT2D eigenvalue weighted by Crippen LogP contribution is -3.00. The van der Waals surface area contributed by atoms with Crippen molar-refractivity contribution >= 4 is 43.6 Å². The first kappa shape index (κ1) is 18.2. The Labute approximate surface area is 173 Å². The van der Waals surface area contributed by atoms with Crippen LogP contribution in [0.1, 0.15) is 6.92 Å². The zero-order valence-corrected chi connectivity index (χ0v) is 18.5. The van der Waals surface area contributed by atoms with Crippen LogP contribution in [-0.2, 0) is 6.54 Å². The van der Waals surface area contributed by atoms with Gasteiger partial charge in [-0.1, -0.05) is 31.9 Å². The molecule has 0 amide bonds. The van der Waals surface area contributed by atoms with Gasteiger partial charge in [0.15, 0.2) is 5.69 Å². The van der Waals surface area contributed by atoms with E-state index in [0.717, 1.165) is 15.5 Å². The normalized spacial score (nSPS) is 15.9. The first-order valence-corrected chi connectivity index (χ1v) is 9.92. The van der Waals surface area contributed by atoms with Gasteiger partial charge in [-0.25, -0.2) is 4.57 Å². The first-order chi connectivity index (χ1) is 11.1. The van der Waals surface area contributed by atoms with Gasteiger partial charge in [0, 0.05) is 14.5 Å². The smallest absolute Gasteiger partial charge is 0.324 e. The Morgan fingerprint density at radius 1 is 1.00 bits per heavy atom. The third kappa shape index (κ3) is 3.39. The van der Waals surface area contributed by atoms with Crippen molar-refractivity contribution in [1.29, 1.82) is 0 Å². The first-order valence-electron chi connectivity index (χ1n) is 7.45. The van der Waals surface area contributed by atoms with Crippen LogP contribution in [-0.4, -0.2) is 9.82 Å². The van der Waals surface area contributed by atoms with Gasteiger partial charge in [-0.15, -0.1) is 0 Å². The van der Waals surface area contributed by atoms with Crippen molar-refractivity contribution in [3.05, 3.63) is 63.7 Å². The molecule has 0 saturated heterocycles. The van der Waals surface area contributed by atoms with Crippen molar-refractivity contribution in [3.8, 4) is 16.9 Å². The summed E-state index contributed by atoms with van der Waals surface area (Å²) in [6.45, 7) is 3.34. The number of aromatic nitrogens is 2. The van der Waals surface area contributed by atoms with Gasteiger partial charge < -0.3 is 17.0 Å². The highest BCUT2D eigenvalue weighted by atomic mass is 79.9.